The van der Waals surface area contributed by atoms with E-state index in [2.05, 4.69) is 0 Å². The van der Waals surface area contributed by atoms with Crippen molar-refractivity contribution in [3.63, 3.8) is 0 Å². The number of carbonyl (C=O) groups excluding carboxylic acids is 1. The lowest BCUT2D eigenvalue weighted by Crippen LogP contribution is -2.36. The van der Waals surface area contributed by atoms with Crippen LogP contribution in [0.15, 0.2) is 24.3 Å². The molecule has 0 heterocycles. The summed E-state index contributed by atoms with van der Waals surface area (Å²) in [7, 11) is 4.84. The second-order valence-corrected chi connectivity index (χ2v) is 5.12. The molecule has 1 atom stereocenters. The summed E-state index contributed by atoms with van der Waals surface area (Å²) in [6.07, 6.45) is -5.53. The van der Waals surface area contributed by atoms with Crippen LogP contribution in [0.4, 0.5) is 13.2 Å². The Labute approximate surface area is 121 Å². The number of likely N-dealkylation sites (N-methyl/N-ethyl adjacent to an activating group) is 2. The summed E-state index contributed by atoms with van der Waals surface area (Å²) >= 11 is 0. The van der Waals surface area contributed by atoms with Gasteiger partial charge in [0.15, 0.2) is 0 Å². The minimum Gasteiger partial charge on any atom is -0.387 e. The average molecular weight is 304 g/mol. The fourth-order valence-corrected chi connectivity index (χ4v) is 1.76. The summed E-state index contributed by atoms with van der Waals surface area (Å²) in [5.41, 5.74) is -0.625. The third-order valence-electron chi connectivity index (χ3n) is 2.99. The number of halogens is 3. The van der Waals surface area contributed by atoms with Crippen molar-refractivity contribution >= 4 is 5.91 Å². The number of rotatable bonds is 5. The Hall–Kier alpha value is -1.60. The quantitative estimate of drug-likeness (QED) is 0.901. The van der Waals surface area contributed by atoms with E-state index in [9.17, 15) is 23.1 Å². The van der Waals surface area contributed by atoms with Gasteiger partial charge >= 0.3 is 6.18 Å². The highest BCUT2D eigenvalue weighted by molar-refractivity contribution is 5.77. The van der Waals surface area contributed by atoms with Crippen LogP contribution in [-0.4, -0.2) is 55.0 Å². The maximum absolute atomic E-state index is 12.6. The van der Waals surface area contributed by atoms with Crippen molar-refractivity contribution in [2.45, 2.75) is 12.3 Å². The van der Waals surface area contributed by atoms with Crippen LogP contribution in [0.2, 0.25) is 0 Å². The summed E-state index contributed by atoms with van der Waals surface area (Å²) in [5.74, 6) is -0.145. The molecule has 1 unspecified atom stereocenters. The molecule has 0 saturated carbocycles. The van der Waals surface area contributed by atoms with Gasteiger partial charge in [-0.15, -0.1) is 0 Å². The van der Waals surface area contributed by atoms with Crippen molar-refractivity contribution in [1.29, 1.82) is 0 Å². The van der Waals surface area contributed by atoms with Crippen LogP contribution >= 0.6 is 0 Å². The van der Waals surface area contributed by atoms with Gasteiger partial charge in [0.25, 0.3) is 0 Å². The predicted octanol–water partition coefficient (Wildman–Crippen LogP) is 1.76. The molecule has 0 spiro atoms. The Kier molecular flexibility index (Phi) is 5.74. The van der Waals surface area contributed by atoms with Crippen molar-refractivity contribution in [2.75, 3.05) is 34.2 Å². The molecule has 7 heteroatoms. The second kappa shape index (κ2) is 6.91. The maximum atomic E-state index is 12.6. The smallest absolute Gasteiger partial charge is 0.387 e. The van der Waals surface area contributed by atoms with E-state index in [0.717, 1.165) is 12.1 Å². The highest BCUT2D eigenvalue weighted by Crippen LogP contribution is 2.30. The molecule has 0 aliphatic carbocycles. The zero-order valence-electron chi connectivity index (χ0n) is 12.2. The molecule has 1 aromatic rings. The molecule has 1 N–H and O–H groups in total. The van der Waals surface area contributed by atoms with Crippen molar-refractivity contribution in [1.82, 2.24) is 9.80 Å². The Morgan fingerprint density at radius 2 is 1.90 bits per heavy atom. The van der Waals surface area contributed by atoms with Gasteiger partial charge in [0, 0.05) is 20.6 Å². The molecule has 0 aromatic heterocycles. The van der Waals surface area contributed by atoms with E-state index < -0.39 is 17.8 Å². The second-order valence-electron chi connectivity index (χ2n) is 5.12. The van der Waals surface area contributed by atoms with Gasteiger partial charge in [0.2, 0.25) is 5.91 Å². The van der Waals surface area contributed by atoms with Crippen LogP contribution in [0, 0.1) is 0 Å². The highest BCUT2D eigenvalue weighted by Gasteiger charge is 2.30. The number of hydrogen-bond donors (Lipinski definition) is 1. The Morgan fingerprint density at radius 1 is 1.29 bits per heavy atom. The van der Waals surface area contributed by atoms with Crippen LogP contribution in [0.3, 0.4) is 0 Å². The predicted molar refractivity (Wildman–Crippen MR) is 72.6 cm³/mol. The molecular formula is C14H19F3N2O2. The maximum Gasteiger partial charge on any atom is 0.416 e. The monoisotopic (exact) mass is 304 g/mol. The van der Waals surface area contributed by atoms with Crippen molar-refractivity contribution in [3.05, 3.63) is 35.4 Å². The third kappa shape index (κ3) is 5.35. The molecule has 0 aliphatic rings. The first kappa shape index (κ1) is 17.5. The fraction of sp³-hybridized carbons (Fsp3) is 0.500. The minimum atomic E-state index is -4.44. The standard InChI is InChI=1S/C14H19F3N2O2/c1-18(2)13(21)9-19(3)8-12(20)10-5-4-6-11(7-10)14(15,16)17/h4-7,12,20H,8-9H2,1-3H3. The molecule has 1 aromatic carbocycles. The topological polar surface area (TPSA) is 43.8 Å². The zero-order valence-corrected chi connectivity index (χ0v) is 12.2. The third-order valence-corrected chi connectivity index (χ3v) is 2.99. The molecule has 0 saturated heterocycles. The van der Waals surface area contributed by atoms with Crippen LogP contribution < -0.4 is 0 Å². The average Bonchev–Trinajstić information content (AvgIpc) is 2.37. The summed E-state index contributed by atoms with van der Waals surface area (Å²) in [6, 6.07) is 4.57. The molecule has 4 nitrogen and oxygen atoms in total. The number of hydrogen-bond acceptors (Lipinski definition) is 3. The van der Waals surface area contributed by atoms with Gasteiger partial charge in [-0.25, -0.2) is 0 Å². The Bertz CT molecular complexity index is 489. The van der Waals surface area contributed by atoms with Gasteiger partial charge in [0.05, 0.1) is 18.2 Å². The van der Waals surface area contributed by atoms with Crippen LogP contribution in [0.1, 0.15) is 17.2 Å². The minimum absolute atomic E-state index is 0.0703. The van der Waals surface area contributed by atoms with Crippen molar-refractivity contribution in [2.24, 2.45) is 0 Å². The van der Waals surface area contributed by atoms with E-state index >= 15 is 0 Å². The number of aliphatic hydroxyl groups excluding tert-OH is 1. The highest BCUT2D eigenvalue weighted by atomic mass is 19.4. The van der Waals surface area contributed by atoms with Crippen LogP contribution in [0.25, 0.3) is 0 Å². The van der Waals surface area contributed by atoms with Gasteiger partial charge in [0.1, 0.15) is 0 Å². The van der Waals surface area contributed by atoms with E-state index in [0.29, 0.717) is 0 Å². The first-order valence-corrected chi connectivity index (χ1v) is 6.35. The lowest BCUT2D eigenvalue weighted by atomic mass is 10.1. The van der Waals surface area contributed by atoms with Gasteiger partial charge in [-0.2, -0.15) is 13.2 Å². The number of amides is 1. The zero-order chi connectivity index (χ0) is 16.2. The van der Waals surface area contributed by atoms with E-state index in [1.807, 2.05) is 0 Å². The Balaban J connectivity index is 2.71. The molecule has 1 rings (SSSR count). The summed E-state index contributed by atoms with van der Waals surface area (Å²) in [5, 5.41) is 10.00. The fourth-order valence-electron chi connectivity index (χ4n) is 1.76. The van der Waals surface area contributed by atoms with Crippen molar-refractivity contribution in [3.8, 4) is 0 Å². The van der Waals surface area contributed by atoms with E-state index in [-0.39, 0.29) is 24.6 Å². The normalized spacial score (nSPS) is 13.3. The molecule has 0 radical (unpaired) electrons. The largest absolute Gasteiger partial charge is 0.416 e. The Morgan fingerprint density at radius 3 is 2.43 bits per heavy atom. The van der Waals surface area contributed by atoms with Gasteiger partial charge in [-0.3, -0.25) is 9.69 Å². The molecule has 1 amide bonds. The van der Waals surface area contributed by atoms with Crippen molar-refractivity contribution < 1.29 is 23.1 Å². The lowest BCUT2D eigenvalue weighted by Gasteiger charge is -2.22. The summed E-state index contributed by atoms with van der Waals surface area (Å²) in [6.45, 7) is 0.157. The number of carbonyl (C=O) groups is 1. The lowest BCUT2D eigenvalue weighted by molar-refractivity contribution is -0.137. The van der Waals surface area contributed by atoms with Crippen LogP contribution in [0.5, 0.6) is 0 Å². The number of aliphatic hydroxyl groups is 1. The molecule has 0 fully saturated rings. The first-order chi connectivity index (χ1) is 9.61. The van der Waals surface area contributed by atoms with Gasteiger partial charge < -0.3 is 10.0 Å². The molecular weight excluding hydrogens is 285 g/mol. The van der Waals surface area contributed by atoms with Crippen LogP contribution in [-0.2, 0) is 11.0 Å². The summed E-state index contributed by atoms with van der Waals surface area (Å²) in [4.78, 5) is 14.5. The van der Waals surface area contributed by atoms with Gasteiger partial charge in [-0.1, -0.05) is 12.1 Å². The molecule has 118 valence electrons. The first-order valence-electron chi connectivity index (χ1n) is 6.35. The molecule has 0 bridgehead atoms. The van der Waals surface area contributed by atoms with Gasteiger partial charge in [-0.05, 0) is 24.7 Å². The van der Waals surface area contributed by atoms with E-state index in [1.165, 1.54) is 17.0 Å². The summed E-state index contributed by atoms with van der Waals surface area (Å²) < 4.78 is 37.8. The molecule has 21 heavy (non-hydrogen) atoms. The number of alkyl halides is 3. The molecule has 0 aliphatic heterocycles. The number of benzene rings is 1. The number of nitrogens with zero attached hydrogens (tertiary/aromatic N) is 2. The SMILES string of the molecule is CN(CC(=O)N(C)C)CC(O)c1cccc(C(F)(F)F)c1. The van der Waals surface area contributed by atoms with E-state index in [1.54, 1.807) is 26.0 Å². The van der Waals surface area contributed by atoms with E-state index in [4.69, 9.17) is 0 Å².